The second kappa shape index (κ2) is 11.4. The molecule has 9 nitrogen and oxygen atoms in total. The number of fused-ring (bicyclic) bond motifs is 1. The lowest BCUT2D eigenvalue weighted by Crippen LogP contribution is -2.17. The molecular formula is C20H28N8O. The molecule has 1 saturated heterocycles. The Bertz CT molecular complexity index is 927. The Hall–Kier alpha value is -3.49. The number of aromatic nitrogens is 7. The Kier molecular flexibility index (Phi) is 8.55. The van der Waals surface area contributed by atoms with Gasteiger partial charge in [0.05, 0.1) is 29.9 Å². The smallest absolute Gasteiger partial charge is 0.222 e. The lowest BCUT2D eigenvalue weighted by Gasteiger charge is -2.03. The molecule has 0 atom stereocenters. The van der Waals surface area contributed by atoms with E-state index in [4.69, 9.17) is 0 Å². The van der Waals surface area contributed by atoms with Crippen LogP contribution in [0.3, 0.4) is 0 Å². The molecule has 9 heteroatoms. The zero-order valence-electron chi connectivity index (χ0n) is 17.4. The average Bonchev–Trinajstić information content (AvgIpc) is 3.51. The highest BCUT2D eigenvalue weighted by Gasteiger charge is 2.14. The first-order valence-electron chi connectivity index (χ1n) is 9.29. The van der Waals surface area contributed by atoms with Crippen molar-refractivity contribution in [3.05, 3.63) is 61.7 Å². The highest BCUT2D eigenvalue weighted by molar-refractivity contribution is 5.77. The van der Waals surface area contributed by atoms with Crippen LogP contribution in [0.25, 0.3) is 11.0 Å². The molecular weight excluding hydrogens is 368 g/mol. The third-order valence-electron chi connectivity index (χ3n) is 4.12. The molecule has 5 rings (SSSR count). The summed E-state index contributed by atoms with van der Waals surface area (Å²) in [6.45, 7) is 0.957. The maximum absolute atomic E-state index is 10.5. The van der Waals surface area contributed by atoms with E-state index in [2.05, 4.69) is 26.3 Å². The number of rotatable bonds is 0. The summed E-state index contributed by atoms with van der Waals surface area (Å²) in [6.07, 6.45) is 12.4. The number of para-hydroxylation sites is 2. The number of hydrogen-bond acceptors (Lipinski definition) is 5. The third kappa shape index (κ3) is 7.57. The first kappa shape index (κ1) is 21.8. The topological polar surface area (TPSA) is 86.7 Å². The van der Waals surface area contributed by atoms with E-state index in [-0.39, 0.29) is 0 Å². The van der Waals surface area contributed by atoms with E-state index in [1.54, 1.807) is 34.5 Å². The summed E-state index contributed by atoms with van der Waals surface area (Å²) >= 11 is 0. The fourth-order valence-corrected chi connectivity index (χ4v) is 2.46. The van der Waals surface area contributed by atoms with Crippen molar-refractivity contribution in [3.8, 4) is 0 Å². The summed E-state index contributed by atoms with van der Waals surface area (Å²) in [7, 11) is 7.60. The summed E-state index contributed by atoms with van der Waals surface area (Å²) in [6, 6.07) is 8.08. The second-order valence-corrected chi connectivity index (χ2v) is 6.57. The minimum Gasteiger partial charge on any atom is -0.346 e. The van der Waals surface area contributed by atoms with Crippen LogP contribution in [-0.4, -0.2) is 58.5 Å². The van der Waals surface area contributed by atoms with Crippen molar-refractivity contribution in [2.24, 2.45) is 21.1 Å². The molecule has 0 aliphatic carbocycles. The molecule has 0 N–H and O–H groups in total. The molecule has 1 aliphatic heterocycles. The lowest BCUT2D eigenvalue weighted by atomic mass is 10.3. The molecule has 1 aromatic carbocycles. The second-order valence-electron chi connectivity index (χ2n) is 6.57. The van der Waals surface area contributed by atoms with Gasteiger partial charge in [-0.2, -0.15) is 0 Å². The molecule has 1 amide bonds. The molecule has 4 aromatic rings. The highest BCUT2D eigenvalue weighted by atomic mass is 16.2. The zero-order valence-corrected chi connectivity index (χ0v) is 17.4. The Morgan fingerprint density at radius 1 is 0.966 bits per heavy atom. The SMILES string of the molecule is CN1CCCC1=O.Cn1ccnc1.Cn1ccnn1.Cn1cnc2ccccc21. The molecule has 0 bridgehead atoms. The van der Waals surface area contributed by atoms with E-state index in [1.165, 1.54) is 5.52 Å². The van der Waals surface area contributed by atoms with Crippen LogP contribution in [-0.2, 0) is 25.9 Å². The van der Waals surface area contributed by atoms with Crippen molar-refractivity contribution in [2.75, 3.05) is 13.6 Å². The summed E-state index contributed by atoms with van der Waals surface area (Å²) in [4.78, 5) is 20.2. The van der Waals surface area contributed by atoms with E-state index in [0.717, 1.165) is 24.9 Å². The highest BCUT2D eigenvalue weighted by Crippen LogP contribution is 2.08. The number of hydrogen-bond donors (Lipinski definition) is 0. The Balaban J connectivity index is 0.000000142. The van der Waals surface area contributed by atoms with Crippen molar-refractivity contribution < 1.29 is 4.79 Å². The van der Waals surface area contributed by atoms with Crippen LogP contribution in [0.2, 0.25) is 0 Å². The molecule has 0 unspecified atom stereocenters. The van der Waals surface area contributed by atoms with Gasteiger partial charge in [0.15, 0.2) is 0 Å². The lowest BCUT2D eigenvalue weighted by molar-refractivity contribution is -0.126. The molecule has 0 spiro atoms. The number of benzene rings is 1. The molecule has 1 aliphatic rings. The van der Waals surface area contributed by atoms with Gasteiger partial charge in [0, 0.05) is 59.7 Å². The van der Waals surface area contributed by atoms with Gasteiger partial charge in [-0.25, -0.2) is 9.97 Å². The van der Waals surface area contributed by atoms with Crippen molar-refractivity contribution in [2.45, 2.75) is 12.8 Å². The summed E-state index contributed by atoms with van der Waals surface area (Å²) in [5.74, 6) is 0.292. The summed E-state index contributed by atoms with van der Waals surface area (Å²) in [5.41, 5.74) is 2.24. The zero-order chi connectivity index (χ0) is 21.1. The largest absolute Gasteiger partial charge is 0.346 e. The van der Waals surface area contributed by atoms with E-state index in [0.29, 0.717) is 5.91 Å². The minimum atomic E-state index is 0.292. The van der Waals surface area contributed by atoms with Crippen LogP contribution in [0.5, 0.6) is 0 Å². The average molecular weight is 396 g/mol. The number of aryl methyl sites for hydroxylation is 3. The Labute approximate surface area is 170 Å². The van der Waals surface area contributed by atoms with Gasteiger partial charge in [-0.05, 0) is 18.6 Å². The van der Waals surface area contributed by atoms with Gasteiger partial charge >= 0.3 is 0 Å². The molecule has 0 saturated carbocycles. The van der Waals surface area contributed by atoms with Crippen LogP contribution in [0.4, 0.5) is 0 Å². The van der Waals surface area contributed by atoms with E-state index >= 15 is 0 Å². The van der Waals surface area contributed by atoms with Crippen molar-refractivity contribution in [1.82, 2.24) is 39.0 Å². The van der Waals surface area contributed by atoms with E-state index in [1.807, 2.05) is 68.0 Å². The maximum Gasteiger partial charge on any atom is 0.222 e. The quantitative estimate of drug-likeness (QED) is 0.454. The Morgan fingerprint density at radius 3 is 2.14 bits per heavy atom. The molecule has 4 heterocycles. The number of imidazole rings is 2. The van der Waals surface area contributed by atoms with Crippen LogP contribution >= 0.6 is 0 Å². The number of carbonyl (C=O) groups is 1. The van der Waals surface area contributed by atoms with E-state index < -0.39 is 0 Å². The predicted octanol–water partition coefficient (Wildman–Crippen LogP) is 2.05. The fourth-order valence-electron chi connectivity index (χ4n) is 2.46. The van der Waals surface area contributed by atoms with Crippen LogP contribution < -0.4 is 0 Å². The molecule has 154 valence electrons. The van der Waals surface area contributed by atoms with Crippen LogP contribution in [0.15, 0.2) is 61.7 Å². The summed E-state index contributed by atoms with van der Waals surface area (Å²) < 4.78 is 5.54. The van der Waals surface area contributed by atoms with Crippen molar-refractivity contribution in [3.63, 3.8) is 0 Å². The van der Waals surface area contributed by atoms with Crippen LogP contribution in [0, 0.1) is 0 Å². The normalized spacial score (nSPS) is 12.4. The van der Waals surface area contributed by atoms with Crippen LogP contribution in [0.1, 0.15) is 12.8 Å². The molecule has 1 fully saturated rings. The number of carbonyl (C=O) groups excluding carboxylic acids is 1. The van der Waals surface area contributed by atoms with Gasteiger partial charge < -0.3 is 14.0 Å². The molecule has 0 radical (unpaired) electrons. The third-order valence-corrected chi connectivity index (χ3v) is 4.12. The maximum atomic E-state index is 10.5. The van der Waals surface area contributed by atoms with Gasteiger partial charge in [0.2, 0.25) is 5.91 Å². The van der Waals surface area contributed by atoms with Gasteiger partial charge in [0.25, 0.3) is 0 Å². The number of amides is 1. The Morgan fingerprint density at radius 2 is 1.76 bits per heavy atom. The first-order valence-corrected chi connectivity index (χ1v) is 9.29. The number of likely N-dealkylation sites (tertiary alicyclic amines) is 1. The molecule has 3 aromatic heterocycles. The van der Waals surface area contributed by atoms with Crippen molar-refractivity contribution in [1.29, 1.82) is 0 Å². The van der Waals surface area contributed by atoms with Crippen molar-refractivity contribution >= 4 is 16.9 Å². The monoisotopic (exact) mass is 396 g/mol. The molecule has 29 heavy (non-hydrogen) atoms. The fraction of sp³-hybridized carbons (Fsp3) is 0.350. The van der Waals surface area contributed by atoms with Gasteiger partial charge in [-0.3, -0.25) is 9.48 Å². The van der Waals surface area contributed by atoms with E-state index in [9.17, 15) is 4.79 Å². The van der Waals surface area contributed by atoms with Gasteiger partial charge in [0.1, 0.15) is 0 Å². The first-order chi connectivity index (χ1) is 14.0. The van der Waals surface area contributed by atoms with Gasteiger partial charge in [-0.1, -0.05) is 17.3 Å². The summed E-state index contributed by atoms with van der Waals surface area (Å²) in [5, 5.41) is 7.12. The van der Waals surface area contributed by atoms with Gasteiger partial charge in [-0.15, -0.1) is 5.10 Å². The number of nitrogens with zero attached hydrogens (tertiary/aromatic N) is 8. The minimum absolute atomic E-state index is 0.292. The standard InChI is InChI=1S/C8H8N2.C5H9NO.C4H6N2.C3H5N3/c1-10-6-9-7-4-2-3-5-8(7)10;1-6-4-2-3-5(6)7;1-6-3-2-5-4-6;1-6-3-2-4-5-6/h2-6H,1H3;2-4H2,1H3;2-4H,1H3;2-3H,1H3. The predicted molar refractivity (Wildman–Crippen MR) is 112 cm³/mol.